The van der Waals surface area contributed by atoms with Crippen LogP contribution in [0, 0.1) is 5.92 Å². The fourth-order valence-electron chi connectivity index (χ4n) is 3.07. The fourth-order valence-corrected chi connectivity index (χ4v) is 3.42. The van der Waals surface area contributed by atoms with E-state index in [-0.39, 0.29) is 0 Å². The summed E-state index contributed by atoms with van der Waals surface area (Å²) >= 11 is 3.39. The predicted octanol–water partition coefficient (Wildman–Crippen LogP) is 1.83. The number of hydrogen-bond donors (Lipinski definition) is 1. The van der Waals surface area contributed by atoms with E-state index in [2.05, 4.69) is 36.1 Å². The zero-order valence-electron chi connectivity index (χ0n) is 11.1. The lowest BCUT2D eigenvalue weighted by Crippen LogP contribution is -2.52. The summed E-state index contributed by atoms with van der Waals surface area (Å²) in [6.07, 6.45) is 5.53. The first kappa shape index (κ1) is 13.1. The minimum atomic E-state index is 0.605. The molecule has 0 radical (unpaired) electrons. The van der Waals surface area contributed by atoms with E-state index in [0.717, 1.165) is 29.4 Å². The van der Waals surface area contributed by atoms with Crippen molar-refractivity contribution in [3.05, 3.63) is 10.7 Å². The first-order valence-electron chi connectivity index (χ1n) is 6.83. The molecule has 2 atom stereocenters. The number of anilines is 1. The molecule has 0 aromatic carbocycles. The molecule has 3 heterocycles. The summed E-state index contributed by atoms with van der Waals surface area (Å²) in [5.41, 5.74) is 0. The molecule has 5 nitrogen and oxygen atoms in total. The Kier molecular flexibility index (Phi) is 3.88. The van der Waals surface area contributed by atoms with Crippen molar-refractivity contribution < 1.29 is 4.74 Å². The van der Waals surface area contributed by atoms with E-state index in [1.54, 1.807) is 13.3 Å². The van der Waals surface area contributed by atoms with Crippen LogP contribution in [0.2, 0.25) is 0 Å². The van der Waals surface area contributed by atoms with E-state index < -0.39 is 0 Å². The monoisotopic (exact) mass is 326 g/mol. The van der Waals surface area contributed by atoms with Crippen molar-refractivity contribution in [2.75, 3.05) is 31.6 Å². The van der Waals surface area contributed by atoms with Gasteiger partial charge in [0.15, 0.2) is 0 Å². The number of rotatable bonds is 2. The van der Waals surface area contributed by atoms with Crippen molar-refractivity contribution in [3.8, 4) is 5.88 Å². The van der Waals surface area contributed by atoms with Gasteiger partial charge in [-0.25, -0.2) is 4.98 Å². The topological polar surface area (TPSA) is 50.3 Å². The molecule has 0 amide bonds. The Bertz CT molecular complexity index is 456. The largest absolute Gasteiger partial charge is 0.480 e. The van der Waals surface area contributed by atoms with Gasteiger partial charge in [0, 0.05) is 19.1 Å². The average Bonchev–Trinajstić information content (AvgIpc) is 2.47. The van der Waals surface area contributed by atoms with Gasteiger partial charge >= 0.3 is 0 Å². The summed E-state index contributed by atoms with van der Waals surface area (Å²) < 4.78 is 6.05. The van der Waals surface area contributed by atoms with Crippen molar-refractivity contribution >= 4 is 21.9 Å². The number of halogens is 1. The third kappa shape index (κ3) is 2.69. The number of aromatic nitrogens is 2. The van der Waals surface area contributed by atoms with Crippen LogP contribution < -0.4 is 15.0 Å². The maximum atomic E-state index is 5.25. The SMILES string of the molecule is COc1nc(N2CCC3NCCCC3C2)ncc1Br. The molecule has 2 aliphatic heterocycles. The van der Waals surface area contributed by atoms with Gasteiger partial charge < -0.3 is 15.0 Å². The van der Waals surface area contributed by atoms with Gasteiger partial charge in [-0.1, -0.05) is 0 Å². The summed E-state index contributed by atoms with van der Waals surface area (Å²) in [6.45, 7) is 3.23. The third-order valence-electron chi connectivity index (χ3n) is 4.07. The van der Waals surface area contributed by atoms with E-state index in [4.69, 9.17) is 4.74 Å². The van der Waals surface area contributed by atoms with E-state index in [1.165, 1.54) is 25.8 Å². The van der Waals surface area contributed by atoms with E-state index >= 15 is 0 Å². The van der Waals surface area contributed by atoms with Gasteiger partial charge in [-0.3, -0.25) is 0 Å². The fraction of sp³-hybridized carbons (Fsp3) is 0.692. The number of nitrogens with one attached hydrogen (secondary N) is 1. The van der Waals surface area contributed by atoms with Crippen LogP contribution in [0.15, 0.2) is 10.7 Å². The second kappa shape index (κ2) is 5.63. The highest BCUT2D eigenvalue weighted by atomic mass is 79.9. The number of nitrogens with zero attached hydrogens (tertiary/aromatic N) is 3. The minimum Gasteiger partial charge on any atom is -0.480 e. The van der Waals surface area contributed by atoms with Crippen molar-refractivity contribution in [1.29, 1.82) is 0 Å². The standard InChI is InChI=1S/C13H19BrN4O/c1-19-12-10(14)7-16-13(17-12)18-6-4-11-9(8-18)3-2-5-15-11/h7,9,11,15H,2-6,8H2,1H3. The molecule has 6 heteroatoms. The lowest BCUT2D eigenvalue weighted by Gasteiger charge is -2.41. The van der Waals surface area contributed by atoms with Gasteiger partial charge in [0.2, 0.25) is 11.8 Å². The highest BCUT2D eigenvalue weighted by Gasteiger charge is 2.32. The molecule has 2 aliphatic rings. The molecule has 2 saturated heterocycles. The molecule has 0 bridgehead atoms. The maximum Gasteiger partial charge on any atom is 0.232 e. The zero-order chi connectivity index (χ0) is 13.2. The maximum absolute atomic E-state index is 5.25. The lowest BCUT2D eigenvalue weighted by molar-refractivity contribution is 0.243. The molecule has 0 spiro atoms. The van der Waals surface area contributed by atoms with Gasteiger partial charge in [0.25, 0.3) is 0 Å². The van der Waals surface area contributed by atoms with Crippen LogP contribution >= 0.6 is 15.9 Å². The molecule has 0 saturated carbocycles. The highest BCUT2D eigenvalue weighted by Crippen LogP contribution is 2.29. The van der Waals surface area contributed by atoms with Crippen molar-refractivity contribution in [2.24, 2.45) is 5.92 Å². The lowest BCUT2D eigenvalue weighted by atomic mass is 9.85. The normalized spacial score (nSPS) is 26.9. The van der Waals surface area contributed by atoms with Gasteiger partial charge in [-0.15, -0.1) is 0 Å². The molecule has 1 N–H and O–H groups in total. The predicted molar refractivity (Wildman–Crippen MR) is 77.6 cm³/mol. The molecule has 1 aromatic heterocycles. The van der Waals surface area contributed by atoms with Gasteiger partial charge in [-0.05, 0) is 47.7 Å². The van der Waals surface area contributed by atoms with Gasteiger partial charge in [0.05, 0.1) is 17.8 Å². The molecular formula is C13H19BrN4O. The Morgan fingerprint density at radius 2 is 2.37 bits per heavy atom. The number of ether oxygens (including phenoxy) is 1. The van der Waals surface area contributed by atoms with E-state index in [9.17, 15) is 0 Å². The Morgan fingerprint density at radius 3 is 3.21 bits per heavy atom. The first-order valence-corrected chi connectivity index (χ1v) is 7.62. The summed E-state index contributed by atoms with van der Waals surface area (Å²) in [5.74, 6) is 2.11. The Morgan fingerprint density at radius 1 is 1.47 bits per heavy atom. The summed E-state index contributed by atoms with van der Waals surface area (Å²) in [6, 6.07) is 0.683. The highest BCUT2D eigenvalue weighted by molar-refractivity contribution is 9.10. The zero-order valence-corrected chi connectivity index (χ0v) is 12.7. The Hall–Kier alpha value is -0.880. The van der Waals surface area contributed by atoms with Gasteiger partial charge in [-0.2, -0.15) is 4.98 Å². The second-order valence-corrected chi connectivity index (χ2v) is 6.08. The number of methoxy groups -OCH3 is 1. The average molecular weight is 327 g/mol. The van der Waals surface area contributed by atoms with Crippen molar-refractivity contribution in [3.63, 3.8) is 0 Å². The second-order valence-electron chi connectivity index (χ2n) is 5.22. The van der Waals surface area contributed by atoms with E-state index in [0.29, 0.717) is 11.9 Å². The number of hydrogen-bond acceptors (Lipinski definition) is 5. The molecule has 1 aromatic rings. The minimum absolute atomic E-state index is 0.605. The van der Waals surface area contributed by atoms with Crippen LogP contribution in [0.25, 0.3) is 0 Å². The first-order chi connectivity index (χ1) is 9.28. The molecule has 2 unspecified atom stereocenters. The number of fused-ring (bicyclic) bond motifs is 1. The van der Waals surface area contributed by atoms with Crippen LogP contribution in [0.4, 0.5) is 5.95 Å². The van der Waals surface area contributed by atoms with Crippen LogP contribution in [-0.2, 0) is 0 Å². The molecule has 104 valence electrons. The molecule has 19 heavy (non-hydrogen) atoms. The van der Waals surface area contributed by atoms with Crippen LogP contribution in [-0.4, -0.2) is 42.8 Å². The quantitative estimate of drug-likeness (QED) is 0.898. The van der Waals surface area contributed by atoms with Gasteiger partial charge in [0.1, 0.15) is 0 Å². The number of piperidine rings is 2. The summed E-state index contributed by atoms with van der Waals surface area (Å²) in [4.78, 5) is 11.2. The van der Waals surface area contributed by atoms with E-state index in [1.807, 2.05) is 0 Å². The molecule has 0 aliphatic carbocycles. The van der Waals surface area contributed by atoms with Crippen LogP contribution in [0.1, 0.15) is 19.3 Å². The molecule has 3 rings (SSSR count). The van der Waals surface area contributed by atoms with Crippen molar-refractivity contribution in [2.45, 2.75) is 25.3 Å². The third-order valence-corrected chi connectivity index (χ3v) is 4.61. The summed E-state index contributed by atoms with van der Waals surface area (Å²) in [5, 5.41) is 3.63. The van der Waals surface area contributed by atoms with Crippen molar-refractivity contribution in [1.82, 2.24) is 15.3 Å². The smallest absolute Gasteiger partial charge is 0.232 e. The van der Waals surface area contributed by atoms with Crippen LogP contribution in [0.3, 0.4) is 0 Å². The summed E-state index contributed by atoms with van der Waals surface area (Å²) in [7, 11) is 1.63. The van der Waals surface area contributed by atoms with Crippen LogP contribution in [0.5, 0.6) is 5.88 Å². The Balaban J connectivity index is 1.75. The molecular weight excluding hydrogens is 308 g/mol. The Labute approximate surface area is 121 Å². The molecule has 2 fully saturated rings.